The minimum absolute atomic E-state index is 0.441. The summed E-state index contributed by atoms with van der Waals surface area (Å²) in [6.07, 6.45) is 0. The van der Waals surface area contributed by atoms with Gasteiger partial charge in [0.15, 0.2) is 0 Å². The van der Waals surface area contributed by atoms with Gasteiger partial charge in [0.1, 0.15) is 12.4 Å². The molecule has 2 rings (SSSR count). The molecule has 0 aliphatic rings. The summed E-state index contributed by atoms with van der Waals surface area (Å²) in [4.78, 5) is 0. The number of benzene rings is 2. The molecular weight excluding hydrogens is 405 g/mol. The molecule has 5 heteroatoms. The number of ether oxygens (including phenoxy) is 1. The molecule has 0 radical (unpaired) electrons. The normalized spacial score (nSPS) is 10.6. The molecule has 106 valence electrons. The van der Waals surface area contributed by atoms with E-state index >= 15 is 0 Å². The van der Waals surface area contributed by atoms with Crippen LogP contribution in [0.4, 0.5) is 0 Å². The summed E-state index contributed by atoms with van der Waals surface area (Å²) in [5, 5.41) is 3.81. The number of rotatable bonds is 5. The van der Waals surface area contributed by atoms with Crippen molar-refractivity contribution in [2.75, 3.05) is 7.05 Å². The maximum atomic E-state index is 6.17. The van der Waals surface area contributed by atoms with E-state index in [0.717, 1.165) is 26.8 Å². The van der Waals surface area contributed by atoms with E-state index in [4.69, 9.17) is 16.3 Å². The molecule has 0 amide bonds. The van der Waals surface area contributed by atoms with Crippen molar-refractivity contribution < 1.29 is 4.74 Å². The molecule has 0 saturated carbocycles. The van der Waals surface area contributed by atoms with Crippen molar-refractivity contribution in [2.45, 2.75) is 13.2 Å². The number of hydrogen-bond acceptors (Lipinski definition) is 2. The Bertz CT molecular complexity index is 604. The van der Waals surface area contributed by atoms with E-state index in [-0.39, 0.29) is 0 Å². The minimum Gasteiger partial charge on any atom is -0.488 e. The van der Waals surface area contributed by atoms with Crippen LogP contribution in [-0.2, 0) is 13.2 Å². The summed E-state index contributed by atoms with van der Waals surface area (Å²) < 4.78 is 7.71. The molecule has 0 heterocycles. The fraction of sp³-hybridized carbons (Fsp3) is 0.200. The molecule has 2 aromatic carbocycles. The molecule has 0 fully saturated rings. The topological polar surface area (TPSA) is 21.3 Å². The van der Waals surface area contributed by atoms with Gasteiger partial charge in [-0.05, 0) is 52.8 Å². The highest BCUT2D eigenvalue weighted by Crippen LogP contribution is 2.28. The second-order valence-corrected chi connectivity index (χ2v) is 6.50. The van der Waals surface area contributed by atoms with Gasteiger partial charge >= 0.3 is 0 Å². The predicted octanol–water partition coefficient (Wildman–Crippen LogP) is 5.16. The lowest BCUT2D eigenvalue weighted by Crippen LogP contribution is -2.05. The lowest BCUT2D eigenvalue weighted by Gasteiger charge is -2.11. The van der Waals surface area contributed by atoms with Gasteiger partial charge in [0.2, 0.25) is 0 Å². The molecule has 0 bridgehead atoms. The van der Waals surface area contributed by atoms with Crippen molar-refractivity contribution in [1.29, 1.82) is 0 Å². The summed E-state index contributed by atoms with van der Waals surface area (Å²) >= 11 is 13.1. The molecular formula is C15H14Br2ClNO. The Labute approximate surface area is 140 Å². The summed E-state index contributed by atoms with van der Waals surface area (Å²) in [5.74, 6) is 0.809. The Balaban J connectivity index is 2.07. The third-order valence-electron chi connectivity index (χ3n) is 2.78. The average molecular weight is 420 g/mol. The van der Waals surface area contributed by atoms with Gasteiger partial charge in [-0.25, -0.2) is 0 Å². The van der Waals surface area contributed by atoms with Gasteiger partial charge in [-0.3, -0.25) is 0 Å². The van der Waals surface area contributed by atoms with Crippen molar-refractivity contribution in [3.8, 4) is 5.75 Å². The monoisotopic (exact) mass is 417 g/mol. The Morgan fingerprint density at radius 2 is 1.95 bits per heavy atom. The highest BCUT2D eigenvalue weighted by Gasteiger charge is 2.06. The Morgan fingerprint density at radius 1 is 1.15 bits per heavy atom. The first-order chi connectivity index (χ1) is 9.60. The standard InChI is InChI=1S/C15H14Br2ClNO/c1-19-8-10-2-5-15(13(17)6-10)20-9-11-3-4-12(16)7-14(11)18/h2-7,19H,8-9H2,1H3. The van der Waals surface area contributed by atoms with Crippen LogP contribution in [0.3, 0.4) is 0 Å². The van der Waals surface area contributed by atoms with E-state index in [9.17, 15) is 0 Å². The molecule has 1 N–H and O–H groups in total. The first-order valence-corrected chi connectivity index (χ1v) is 8.06. The molecule has 0 aromatic heterocycles. The highest BCUT2D eigenvalue weighted by molar-refractivity contribution is 9.10. The van der Waals surface area contributed by atoms with Gasteiger partial charge in [0.05, 0.1) is 4.47 Å². The minimum atomic E-state index is 0.441. The van der Waals surface area contributed by atoms with Crippen LogP contribution in [0.2, 0.25) is 5.02 Å². The Kier molecular flexibility index (Phi) is 5.90. The van der Waals surface area contributed by atoms with E-state index in [2.05, 4.69) is 43.2 Å². The van der Waals surface area contributed by atoms with Crippen LogP contribution in [0.25, 0.3) is 0 Å². The summed E-state index contributed by atoms with van der Waals surface area (Å²) in [6.45, 7) is 1.27. The lowest BCUT2D eigenvalue weighted by atomic mass is 10.2. The van der Waals surface area contributed by atoms with Gasteiger partial charge in [-0.2, -0.15) is 0 Å². The van der Waals surface area contributed by atoms with E-state index in [1.807, 2.05) is 37.4 Å². The molecule has 0 aliphatic carbocycles. The van der Waals surface area contributed by atoms with Crippen LogP contribution in [0, 0.1) is 0 Å². The maximum absolute atomic E-state index is 6.17. The van der Waals surface area contributed by atoms with Crippen molar-refractivity contribution in [3.05, 3.63) is 61.5 Å². The fourth-order valence-electron chi connectivity index (χ4n) is 1.77. The van der Waals surface area contributed by atoms with Crippen LogP contribution in [0.1, 0.15) is 11.1 Å². The largest absolute Gasteiger partial charge is 0.488 e. The van der Waals surface area contributed by atoms with Crippen LogP contribution in [0.15, 0.2) is 45.3 Å². The van der Waals surface area contributed by atoms with Crippen molar-refractivity contribution in [1.82, 2.24) is 5.32 Å². The number of hydrogen-bond donors (Lipinski definition) is 1. The highest BCUT2D eigenvalue weighted by atomic mass is 79.9. The van der Waals surface area contributed by atoms with Gasteiger partial charge in [0, 0.05) is 21.6 Å². The zero-order valence-corrected chi connectivity index (χ0v) is 14.8. The maximum Gasteiger partial charge on any atom is 0.134 e. The van der Waals surface area contributed by atoms with Gasteiger partial charge in [-0.1, -0.05) is 39.7 Å². The fourth-order valence-corrected chi connectivity index (χ4v) is 3.04. The van der Waals surface area contributed by atoms with Crippen molar-refractivity contribution in [2.24, 2.45) is 0 Å². The second kappa shape index (κ2) is 7.46. The molecule has 0 atom stereocenters. The van der Waals surface area contributed by atoms with Crippen LogP contribution in [0.5, 0.6) is 5.75 Å². The average Bonchev–Trinajstić information content (AvgIpc) is 2.40. The number of halogens is 3. The first-order valence-electron chi connectivity index (χ1n) is 6.10. The zero-order valence-electron chi connectivity index (χ0n) is 10.9. The molecule has 0 aliphatic heterocycles. The number of nitrogens with one attached hydrogen (secondary N) is 1. The van der Waals surface area contributed by atoms with Crippen molar-refractivity contribution in [3.63, 3.8) is 0 Å². The van der Waals surface area contributed by atoms with Crippen LogP contribution >= 0.6 is 43.5 Å². The SMILES string of the molecule is CNCc1ccc(OCc2ccc(Br)cc2Cl)c(Br)c1. The van der Waals surface area contributed by atoms with Crippen LogP contribution in [-0.4, -0.2) is 7.05 Å². The molecule has 2 nitrogen and oxygen atoms in total. The molecule has 0 unspecified atom stereocenters. The molecule has 2 aromatic rings. The van der Waals surface area contributed by atoms with Gasteiger partial charge in [-0.15, -0.1) is 0 Å². The Hall–Kier alpha value is -0.550. The third kappa shape index (κ3) is 4.22. The smallest absolute Gasteiger partial charge is 0.134 e. The summed E-state index contributed by atoms with van der Waals surface area (Å²) in [7, 11) is 1.92. The molecule has 0 spiro atoms. The van der Waals surface area contributed by atoms with E-state index in [1.54, 1.807) is 0 Å². The first kappa shape index (κ1) is 15.8. The van der Waals surface area contributed by atoms with Crippen LogP contribution < -0.4 is 10.1 Å². The third-order valence-corrected chi connectivity index (χ3v) is 4.24. The summed E-state index contributed by atoms with van der Waals surface area (Å²) in [6, 6.07) is 11.8. The lowest BCUT2D eigenvalue weighted by molar-refractivity contribution is 0.304. The quantitative estimate of drug-likeness (QED) is 0.723. The van der Waals surface area contributed by atoms with Gasteiger partial charge < -0.3 is 10.1 Å². The zero-order chi connectivity index (χ0) is 14.5. The summed E-state index contributed by atoms with van der Waals surface area (Å²) in [5.41, 5.74) is 2.16. The Morgan fingerprint density at radius 3 is 2.60 bits per heavy atom. The molecule has 0 saturated heterocycles. The molecule has 20 heavy (non-hydrogen) atoms. The van der Waals surface area contributed by atoms with E-state index < -0.39 is 0 Å². The van der Waals surface area contributed by atoms with E-state index in [1.165, 1.54) is 5.56 Å². The van der Waals surface area contributed by atoms with E-state index in [0.29, 0.717) is 11.6 Å². The predicted molar refractivity (Wildman–Crippen MR) is 90.4 cm³/mol. The van der Waals surface area contributed by atoms with Crippen molar-refractivity contribution >= 4 is 43.5 Å². The van der Waals surface area contributed by atoms with Gasteiger partial charge in [0.25, 0.3) is 0 Å². The second-order valence-electron chi connectivity index (χ2n) is 4.32.